The van der Waals surface area contributed by atoms with Gasteiger partial charge in [0.1, 0.15) is 18.2 Å². The summed E-state index contributed by atoms with van der Waals surface area (Å²) in [6.07, 6.45) is 0. The number of aliphatic hydroxyl groups is 1. The topological polar surface area (TPSA) is 29.5 Å². The van der Waals surface area contributed by atoms with Gasteiger partial charge in [-0.1, -0.05) is 12.1 Å². The predicted octanol–water partition coefficient (Wildman–Crippen LogP) is 3.92. The fraction of sp³-hybridized carbons (Fsp3) is 0.294. The second-order valence-electron chi connectivity index (χ2n) is 5.82. The molecule has 1 N–H and O–H groups in total. The fourth-order valence-corrected chi connectivity index (χ4v) is 2.47. The first kappa shape index (κ1) is 13.1. The summed E-state index contributed by atoms with van der Waals surface area (Å²) in [5, 5.41) is 10.1. The molecular formula is C17H17FO2. The van der Waals surface area contributed by atoms with Gasteiger partial charge in [0.2, 0.25) is 0 Å². The van der Waals surface area contributed by atoms with Gasteiger partial charge in [0.15, 0.2) is 0 Å². The Morgan fingerprint density at radius 1 is 1.15 bits per heavy atom. The van der Waals surface area contributed by atoms with Crippen molar-refractivity contribution in [3.8, 4) is 16.9 Å². The molecule has 1 aliphatic heterocycles. The number of halogens is 1. The van der Waals surface area contributed by atoms with Crippen molar-refractivity contribution in [1.29, 1.82) is 0 Å². The third kappa shape index (κ3) is 2.08. The maximum Gasteiger partial charge on any atom is 0.128 e. The van der Waals surface area contributed by atoms with Gasteiger partial charge in [-0.25, -0.2) is 4.39 Å². The Labute approximate surface area is 117 Å². The quantitative estimate of drug-likeness (QED) is 0.852. The Morgan fingerprint density at radius 2 is 1.90 bits per heavy atom. The molecule has 0 atom stereocenters. The summed E-state index contributed by atoms with van der Waals surface area (Å²) in [5.74, 6) is 0.457. The first-order chi connectivity index (χ1) is 9.36. The Morgan fingerprint density at radius 3 is 2.60 bits per heavy atom. The van der Waals surface area contributed by atoms with Gasteiger partial charge >= 0.3 is 0 Å². The summed E-state index contributed by atoms with van der Waals surface area (Å²) in [6, 6.07) is 8.98. The highest BCUT2D eigenvalue weighted by molar-refractivity contribution is 5.76. The van der Waals surface area contributed by atoms with Gasteiger partial charge in [0, 0.05) is 5.56 Å². The van der Waals surface area contributed by atoms with E-state index in [0.29, 0.717) is 17.9 Å². The van der Waals surface area contributed by atoms with Crippen molar-refractivity contribution in [2.45, 2.75) is 33.0 Å². The number of aryl methyl sites for hydroxylation is 1. The van der Waals surface area contributed by atoms with Gasteiger partial charge in [-0.3, -0.25) is 0 Å². The summed E-state index contributed by atoms with van der Waals surface area (Å²) in [5.41, 5.74) is 3.16. The molecule has 0 saturated heterocycles. The number of rotatable bonds is 1. The summed E-state index contributed by atoms with van der Waals surface area (Å²) >= 11 is 0. The van der Waals surface area contributed by atoms with Crippen LogP contribution in [-0.4, -0.2) is 5.11 Å². The molecule has 0 aliphatic carbocycles. The van der Waals surface area contributed by atoms with E-state index in [1.165, 1.54) is 6.07 Å². The van der Waals surface area contributed by atoms with Crippen molar-refractivity contribution < 1.29 is 14.2 Å². The maximum absolute atomic E-state index is 13.8. The number of hydrogen-bond donors (Lipinski definition) is 1. The molecule has 0 amide bonds. The molecule has 0 unspecified atom stereocenters. The highest BCUT2D eigenvalue weighted by Gasteiger charge is 2.23. The van der Waals surface area contributed by atoms with Crippen LogP contribution in [0.3, 0.4) is 0 Å². The molecule has 3 rings (SSSR count). The number of ether oxygens (including phenoxy) is 1. The van der Waals surface area contributed by atoms with Crippen LogP contribution >= 0.6 is 0 Å². The lowest BCUT2D eigenvalue weighted by Crippen LogP contribution is -2.16. The van der Waals surface area contributed by atoms with Gasteiger partial charge in [-0.15, -0.1) is 0 Å². The molecular weight excluding hydrogens is 255 g/mol. The molecule has 104 valence electrons. The smallest absolute Gasteiger partial charge is 0.128 e. The van der Waals surface area contributed by atoms with E-state index >= 15 is 0 Å². The van der Waals surface area contributed by atoms with Gasteiger partial charge < -0.3 is 9.84 Å². The molecule has 2 aromatic rings. The van der Waals surface area contributed by atoms with Crippen molar-refractivity contribution in [3.05, 3.63) is 52.8 Å². The molecule has 0 fully saturated rings. The van der Waals surface area contributed by atoms with Crippen LogP contribution in [0.15, 0.2) is 30.3 Å². The molecule has 0 bridgehead atoms. The zero-order valence-corrected chi connectivity index (χ0v) is 11.8. The monoisotopic (exact) mass is 272 g/mol. The zero-order chi connectivity index (χ0) is 14.5. The van der Waals surface area contributed by atoms with Crippen molar-refractivity contribution in [1.82, 2.24) is 0 Å². The average molecular weight is 272 g/mol. The number of benzene rings is 2. The van der Waals surface area contributed by atoms with E-state index in [0.717, 1.165) is 22.3 Å². The Hall–Kier alpha value is -1.87. The van der Waals surface area contributed by atoms with E-state index in [1.807, 2.05) is 18.2 Å². The average Bonchev–Trinajstić information content (AvgIpc) is 2.38. The van der Waals surface area contributed by atoms with Crippen molar-refractivity contribution >= 4 is 0 Å². The lowest BCUT2D eigenvalue weighted by atomic mass is 9.89. The van der Waals surface area contributed by atoms with Crippen LogP contribution in [0.25, 0.3) is 11.1 Å². The molecule has 0 radical (unpaired) electrons. The third-order valence-electron chi connectivity index (χ3n) is 3.75. The Kier molecular flexibility index (Phi) is 2.83. The van der Waals surface area contributed by atoms with E-state index < -0.39 is 5.60 Å². The van der Waals surface area contributed by atoms with Crippen LogP contribution < -0.4 is 4.74 Å². The van der Waals surface area contributed by atoms with Crippen LogP contribution in [0.4, 0.5) is 4.39 Å². The highest BCUT2D eigenvalue weighted by atomic mass is 19.1. The summed E-state index contributed by atoms with van der Waals surface area (Å²) in [6.45, 7) is 5.68. The lowest BCUT2D eigenvalue weighted by Gasteiger charge is -2.25. The Bertz CT molecular complexity index is 684. The lowest BCUT2D eigenvalue weighted by molar-refractivity contribution is 0.0786. The SMILES string of the molecule is Cc1cc2c(cc1F)-c1cc(C(C)(C)O)ccc1CO2. The summed E-state index contributed by atoms with van der Waals surface area (Å²) in [4.78, 5) is 0. The molecule has 0 saturated carbocycles. The molecule has 3 heteroatoms. The number of hydrogen-bond acceptors (Lipinski definition) is 2. The van der Waals surface area contributed by atoms with Gasteiger partial charge in [0.05, 0.1) is 5.60 Å². The molecule has 2 aromatic carbocycles. The van der Waals surface area contributed by atoms with Crippen LogP contribution in [0, 0.1) is 12.7 Å². The van der Waals surface area contributed by atoms with Gasteiger partial charge in [0.25, 0.3) is 0 Å². The van der Waals surface area contributed by atoms with Crippen LogP contribution in [-0.2, 0) is 12.2 Å². The molecule has 0 aromatic heterocycles. The summed E-state index contributed by atoms with van der Waals surface area (Å²) < 4.78 is 19.5. The first-order valence-corrected chi connectivity index (χ1v) is 6.65. The normalized spacial score (nSPS) is 13.4. The van der Waals surface area contributed by atoms with Crippen LogP contribution in [0.1, 0.15) is 30.5 Å². The van der Waals surface area contributed by atoms with E-state index in [1.54, 1.807) is 26.8 Å². The molecule has 1 aliphatic rings. The van der Waals surface area contributed by atoms with Gasteiger partial charge in [-0.05, 0) is 61.2 Å². The Balaban J connectivity index is 2.22. The standard InChI is InChI=1S/C17H17FO2/c1-10-6-16-14(8-15(10)18)13-7-12(17(2,3)19)5-4-11(13)9-20-16/h4-8,19H,9H2,1-3H3. The van der Waals surface area contributed by atoms with Crippen LogP contribution in [0.5, 0.6) is 5.75 Å². The zero-order valence-electron chi connectivity index (χ0n) is 11.8. The molecule has 20 heavy (non-hydrogen) atoms. The van der Waals surface area contributed by atoms with Crippen molar-refractivity contribution in [2.75, 3.05) is 0 Å². The van der Waals surface area contributed by atoms with Crippen molar-refractivity contribution in [2.24, 2.45) is 0 Å². The number of fused-ring (bicyclic) bond motifs is 3. The summed E-state index contributed by atoms with van der Waals surface area (Å²) in [7, 11) is 0. The third-order valence-corrected chi connectivity index (χ3v) is 3.75. The second kappa shape index (κ2) is 4.32. The fourth-order valence-electron chi connectivity index (χ4n) is 2.47. The maximum atomic E-state index is 13.8. The van der Waals surface area contributed by atoms with E-state index in [4.69, 9.17) is 4.74 Å². The van der Waals surface area contributed by atoms with Crippen LogP contribution in [0.2, 0.25) is 0 Å². The van der Waals surface area contributed by atoms with Crippen molar-refractivity contribution in [3.63, 3.8) is 0 Å². The minimum Gasteiger partial charge on any atom is -0.488 e. The molecule has 1 heterocycles. The predicted molar refractivity (Wildman–Crippen MR) is 76.1 cm³/mol. The molecule has 0 spiro atoms. The largest absolute Gasteiger partial charge is 0.488 e. The van der Waals surface area contributed by atoms with Gasteiger partial charge in [-0.2, -0.15) is 0 Å². The highest BCUT2D eigenvalue weighted by Crippen LogP contribution is 2.40. The minimum absolute atomic E-state index is 0.242. The first-order valence-electron chi connectivity index (χ1n) is 6.65. The second-order valence-corrected chi connectivity index (χ2v) is 5.82. The van der Waals surface area contributed by atoms with E-state index in [2.05, 4.69) is 0 Å². The minimum atomic E-state index is -0.920. The molecule has 2 nitrogen and oxygen atoms in total. The van der Waals surface area contributed by atoms with E-state index in [-0.39, 0.29) is 5.82 Å². The van der Waals surface area contributed by atoms with E-state index in [9.17, 15) is 9.50 Å².